The zero-order chi connectivity index (χ0) is 11.7. The van der Waals surface area contributed by atoms with Crippen molar-refractivity contribution in [3.8, 4) is 0 Å². The van der Waals surface area contributed by atoms with Crippen LogP contribution in [0.15, 0.2) is 0 Å². The van der Waals surface area contributed by atoms with Crippen LogP contribution in [0.3, 0.4) is 0 Å². The SMILES string of the molecule is CCC(CC)C(=O)NC(CCCl)COC. The summed E-state index contributed by atoms with van der Waals surface area (Å²) in [4.78, 5) is 11.8. The van der Waals surface area contributed by atoms with Crippen molar-refractivity contribution in [2.24, 2.45) is 5.92 Å². The average Bonchev–Trinajstić information content (AvgIpc) is 2.20. The van der Waals surface area contributed by atoms with Crippen LogP contribution < -0.4 is 5.32 Å². The van der Waals surface area contributed by atoms with Crippen LogP contribution in [0.2, 0.25) is 0 Å². The Labute approximate surface area is 97.5 Å². The number of rotatable bonds is 8. The van der Waals surface area contributed by atoms with E-state index in [1.807, 2.05) is 13.8 Å². The molecule has 4 heteroatoms. The van der Waals surface area contributed by atoms with Crippen LogP contribution in [0.5, 0.6) is 0 Å². The number of amides is 1. The van der Waals surface area contributed by atoms with Crippen LogP contribution in [0, 0.1) is 5.92 Å². The zero-order valence-electron chi connectivity index (χ0n) is 9.88. The van der Waals surface area contributed by atoms with E-state index in [0.717, 1.165) is 19.3 Å². The summed E-state index contributed by atoms with van der Waals surface area (Å²) in [5, 5.41) is 2.97. The molecule has 0 heterocycles. The van der Waals surface area contributed by atoms with E-state index in [9.17, 15) is 4.79 Å². The molecule has 0 fully saturated rings. The Bertz CT molecular complexity index is 166. The molecule has 0 aromatic carbocycles. The van der Waals surface area contributed by atoms with Gasteiger partial charge in [0.1, 0.15) is 0 Å². The Kier molecular flexibility index (Phi) is 8.82. The molecule has 0 rings (SSSR count). The molecule has 90 valence electrons. The number of carbonyl (C=O) groups is 1. The van der Waals surface area contributed by atoms with Gasteiger partial charge < -0.3 is 10.1 Å². The van der Waals surface area contributed by atoms with Gasteiger partial charge in [0.05, 0.1) is 12.6 Å². The van der Waals surface area contributed by atoms with Crippen LogP contribution in [-0.4, -0.2) is 31.5 Å². The highest BCUT2D eigenvalue weighted by Crippen LogP contribution is 2.08. The molecule has 1 amide bonds. The third-order valence-electron chi connectivity index (χ3n) is 2.53. The number of ether oxygens (including phenoxy) is 1. The van der Waals surface area contributed by atoms with Gasteiger partial charge >= 0.3 is 0 Å². The molecule has 3 nitrogen and oxygen atoms in total. The smallest absolute Gasteiger partial charge is 0.223 e. The van der Waals surface area contributed by atoms with Gasteiger partial charge in [-0.1, -0.05) is 13.8 Å². The summed E-state index contributed by atoms with van der Waals surface area (Å²) in [5.74, 6) is 0.767. The van der Waals surface area contributed by atoms with E-state index in [1.54, 1.807) is 7.11 Å². The molecule has 15 heavy (non-hydrogen) atoms. The van der Waals surface area contributed by atoms with Crippen molar-refractivity contribution in [3.05, 3.63) is 0 Å². The minimum Gasteiger partial charge on any atom is -0.383 e. The molecule has 0 saturated carbocycles. The lowest BCUT2D eigenvalue weighted by molar-refractivity contribution is -0.126. The fourth-order valence-corrected chi connectivity index (χ4v) is 1.77. The molecule has 0 spiro atoms. The van der Waals surface area contributed by atoms with E-state index in [2.05, 4.69) is 5.32 Å². The molecular weight excluding hydrogens is 214 g/mol. The quantitative estimate of drug-likeness (QED) is 0.655. The van der Waals surface area contributed by atoms with Crippen molar-refractivity contribution in [2.75, 3.05) is 19.6 Å². The van der Waals surface area contributed by atoms with Crippen molar-refractivity contribution in [1.29, 1.82) is 0 Å². The van der Waals surface area contributed by atoms with E-state index in [0.29, 0.717) is 12.5 Å². The van der Waals surface area contributed by atoms with Gasteiger partial charge in [-0.05, 0) is 19.3 Å². The number of methoxy groups -OCH3 is 1. The number of alkyl halides is 1. The summed E-state index contributed by atoms with van der Waals surface area (Å²) in [6.45, 7) is 4.58. The summed E-state index contributed by atoms with van der Waals surface area (Å²) in [6, 6.07) is 0.0422. The highest BCUT2D eigenvalue weighted by molar-refractivity contribution is 6.17. The molecule has 0 saturated heterocycles. The Morgan fingerprint density at radius 1 is 1.40 bits per heavy atom. The Hall–Kier alpha value is -0.280. The number of halogens is 1. The third kappa shape index (κ3) is 6.00. The molecule has 0 bridgehead atoms. The summed E-state index contributed by atoms with van der Waals surface area (Å²) < 4.78 is 5.03. The number of hydrogen-bond donors (Lipinski definition) is 1. The second kappa shape index (κ2) is 8.98. The molecule has 1 atom stereocenters. The van der Waals surface area contributed by atoms with Crippen molar-refractivity contribution >= 4 is 17.5 Å². The Morgan fingerprint density at radius 2 is 2.00 bits per heavy atom. The predicted molar refractivity (Wildman–Crippen MR) is 63.2 cm³/mol. The molecule has 0 aliphatic rings. The van der Waals surface area contributed by atoms with E-state index < -0.39 is 0 Å². The topological polar surface area (TPSA) is 38.3 Å². The van der Waals surface area contributed by atoms with E-state index >= 15 is 0 Å². The van der Waals surface area contributed by atoms with Gasteiger partial charge in [0, 0.05) is 18.9 Å². The van der Waals surface area contributed by atoms with Crippen LogP contribution in [0.25, 0.3) is 0 Å². The molecular formula is C11H22ClNO2. The van der Waals surface area contributed by atoms with Crippen LogP contribution in [-0.2, 0) is 9.53 Å². The van der Waals surface area contributed by atoms with Crippen LogP contribution in [0.4, 0.5) is 0 Å². The van der Waals surface area contributed by atoms with Gasteiger partial charge in [-0.2, -0.15) is 0 Å². The van der Waals surface area contributed by atoms with Crippen LogP contribution >= 0.6 is 11.6 Å². The lowest BCUT2D eigenvalue weighted by Crippen LogP contribution is -2.41. The summed E-state index contributed by atoms with van der Waals surface area (Å²) in [7, 11) is 1.63. The molecule has 0 aromatic rings. The molecule has 0 aliphatic heterocycles. The molecule has 1 unspecified atom stereocenters. The molecule has 0 aliphatic carbocycles. The van der Waals surface area contributed by atoms with E-state index in [4.69, 9.17) is 16.3 Å². The maximum atomic E-state index is 11.8. The lowest BCUT2D eigenvalue weighted by atomic mass is 10.0. The van der Waals surface area contributed by atoms with E-state index in [-0.39, 0.29) is 17.9 Å². The van der Waals surface area contributed by atoms with Gasteiger partial charge in [-0.25, -0.2) is 0 Å². The molecule has 0 radical (unpaired) electrons. The van der Waals surface area contributed by atoms with Gasteiger partial charge in [-0.3, -0.25) is 4.79 Å². The average molecular weight is 236 g/mol. The lowest BCUT2D eigenvalue weighted by Gasteiger charge is -2.20. The van der Waals surface area contributed by atoms with Gasteiger partial charge in [0.25, 0.3) is 0 Å². The second-order valence-corrected chi connectivity index (χ2v) is 4.03. The highest BCUT2D eigenvalue weighted by Gasteiger charge is 2.17. The fraction of sp³-hybridized carbons (Fsp3) is 0.909. The third-order valence-corrected chi connectivity index (χ3v) is 2.75. The molecule has 1 N–H and O–H groups in total. The number of hydrogen-bond acceptors (Lipinski definition) is 2. The first-order chi connectivity index (χ1) is 7.19. The Balaban J connectivity index is 4.07. The second-order valence-electron chi connectivity index (χ2n) is 3.65. The Morgan fingerprint density at radius 3 is 2.40 bits per heavy atom. The largest absolute Gasteiger partial charge is 0.383 e. The molecule has 0 aromatic heterocycles. The maximum Gasteiger partial charge on any atom is 0.223 e. The van der Waals surface area contributed by atoms with Crippen molar-refractivity contribution < 1.29 is 9.53 Å². The standard InChI is InChI=1S/C11H22ClNO2/c1-4-9(5-2)11(14)13-10(6-7-12)8-15-3/h9-10H,4-8H2,1-3H3,(H,13,14). The summed E-state index contributed by atoms with van der Waals surface area (Å²) in [5.41, 5.74) is 0. The van der Waals surface area contributed by atoms with Crippen molar-refractivity contribution in [2.45, 2.75) is 39.2 Å². The van der Waals surface area contributed by atoms with Crippen molar-refractivity contribution in [1.82, 2.24) is 5.32 Å². The van der Waals surface area contributed by atoms with E-state index in [1.165, 1.54) is 0 Å². The van der Waals surface area contributed by atoms with Crippen molar-refractivity contribution in [3.63, 3.8) is 0 Å². The van der Waals surface area contributed by atoms with Gasteiger partial charge in [0.15, 0.2) is 0 Å². The minimum atomic E-state index is 0.0422. The number of nitrogens with one attached hydrogen (secondary N) is 1. The fourth-order valence-electron chi connectivity index (χ4n) is 1.51. The normalized spacial score (nSPS) is 12.9. The van der Waals surface area contributed by atoms with Gasteiger partial charge in [0.2, 0.25) is 5.91 Å². The monoisotopic (exact) mass is 235 g/mol. The predicted octanol–water partition coefficient (Wildman–Crippen LogP) is 2.18. The summed E-state index contributed by atoms with van der Waals surface area (Å²) >= 11 is 5.66. The minimum absolute atomic E-state index is 0.0422. The van der Waals surface area contributed by atoms with Gasteiger partial charge in [-0.15, -0.1) is 11.6 Å². The maximum absolute atomic E-state index is 11.8. The summed E-state index contributed by atoms with van der Waals surface area (Å²) in [6.07, 6.45) is 2.51. The van der Waals surface area contributed by atoms with Crippen LogP contribution in [0.1, 0.15) is 33.1 Å². The highest BCUT2D eigenvalue weighted by atomic mass is 35.5. The zero-order valence-corrected chi connectivity index (χ0v) is 10.6. The first-order valence-electron chi connectivity index (χ1n) is 5.54. The first kappa shape index (κ1) is 14.7. The number of carbonyl (C=O) groups excluding carboxylic acids is 1. The first-order valence-corrected chi connectivity index (χ1v) is 6.08.